The van der Waals surface area contributed by atoms with Gasteiger partial charge in [0.15, 0.2) is 0 Å². The molecule has 112 valence electrons. The molecule has 0 bridgehead atoms. The average molecular weight is 357 g/mol. The summed E-state index contributed by atoms with van der Waals surface area (Å²) < 4.78 is 32.8. The van der Waals surface area contributed by atoms with Gasteiger partial charge in [0.2, 0.25) is 0 Å². The first-order valence-electron chi connectivity index (χ1n) is 6.44. The predicted octanol–water partition coefficient (Wildman–Crippen LogP) is 4.84. The second-order valence-electron chi connectivity index (χ2n) is 4.51. The van der Waals surface area contributed by atoms with Gasteiger partial charge in [-0.1, -0.05) is 6.92 Å². The highest BCUT2D eigenvalue weighted by molar-refractivity contribution is 9.10. The van der Waals surface area contributed by atoms with E-state index in [1.165, 1.54) is 0 Å². The Bertz CT molecular complexity index is 650. The molecule has 0 unspecified atom stereocenters. The van der Waals surface area contributed by atoms with Crippen LogP contribution < -0.4 is 15.8 Å². The summed E-state index contributed by atoms with van der Waals surface area (Å²) in [4.78, 5) is 0. The highest BCUT2D eigenvalue weighted by atomic mass is 79.9. The predicted molar refractivity (Wildman–Crippen MR) is 84.0 cm³/mol. The Balaban J connectivity index is 2.27. The minimum Gasteiger partial charge on any atom is -0.493 e. The van der Waals surface area contributed by atoms with Crippen LogP contribution in [0.15, 0.2) is 34.8 Å². The van der Waals surface area contributed by atoms with Crippen molar-refractivity contribution in [1.29, 1.82) is 0 Å². The third-order valence-corrected chi connectivity index (χ3v) is 3.30. The molecule has 2 aromatic rings. The monoisotopic (exact) mass is 356 g/mol. The molecule has 0 atom stereocenters. The molecule has 0 heterocycles. The molecule has 21 heavy (non-hydrogen) atoms. The number of ether oxygens (including phenoxy) is 1. The van der Waals surface area contributed by atoms with Gasteiger partial charge in [-0.3, -0.25) is 0 Å². The quantitative estimate of drug-likeness (QED) is 0.595. The van der Waals surface area contributed by atoms with Gasteiger partial charge < -0.3 is 15.8 Å². The van der Waals surface area contributed by atoms with Crippen molar-refractivity contribution in [2.45, 2.75) is 13.3 Å². The van der Waals surface area contributed by atoms with Gasteiger partial charge in [-0.25, -0.2) is 8.78 Å². The van der Waals surface area contributed by atoms with E-state index in [0.29, 0.717) is 23.7 Å². The fourth-order valence-electron chi connectivity index (χ4n) is 1.77. The number of benzene rings is 2. The highest BCUT2D eigenvalue weighted by Gasteiger charge is 2.09. The Morgan fingerprint density at radius 3 is 2.62 bits per heavy atom. The van der Waals surface area contributed by atoms with Crippen molar-refractivity contribution in [3.8, 4) is 5.75 Å². The molecule has 0 fully saturated rings. The van der Waals surface area contributed by atoms with Gasteiger partial charge in [-0.2, -0.15) is 0 Å². The lowest BCUT2D eigenvalue weighted by molar-refractivity contribution is 0.318. The number of rotatable bonds is 5. The van der Waals surface area contributed by atoms with E-state index in [4.69, 9.17) is 10.5 Å². The topological polar surface area (TPSA) is 47.3 Å². The van der Waals surface area contributed by atoms with Crippen LogP contribution in [0, 0.1) is 11.6 Å². The van der Waals surface area contributed by atoms with Crippen LogP contribution >= 0.6 is 15.9 Å². The first kappa shape index (κ1) is 15.6. The molecule has 6 heteroatoms. The molecule has 3 N–H and O–H groups in total. The highest BCUT2D eigenvalue weighted by Crippen LogP contribution is 2.29. The zero-order valence-corrected chi connectivity index (χ0v) is 13.0. The zero-order valence-electron chi connectivity index (χ0n) is 11.4. The Morgan fingerprint density at radius 1 is 1.14 bits per heavy atom. The van der Waals surface area contributed by atoms with Gasteiger partial charge in [0, 0.05) is 29.6 Å². The first-order valence-corrected chi connectivity index (χ1v) is 7.24. The van der Waals surface area contributed by atoms with Crippen molar-refractivity contribution in [3.05, 3.63) is 46.4 Å². The van der Waals surface area contributed by atoms with Crippen molar-refractivity contribution in [1.82, 2.24) is 0 Å². The van der Waals surface area contributed by atoms with Crippen LogP contribution in [0.3, 0.4) is 0 Å². The summed E-state index contributed by atoms with van der Waals surface area (Å²) in [7, 11) is 0. The van der Waals surface area contributed by atoms with E-state index >= 15 is 0 Å². The number of hydrogen-bond acceptors (Lipinski definition) is 3. The molecule has 0 amide bonds. The molecule has 0 spiro atoms. The van der Waals surface area contributed by atoms with E-state index in [-0.39, 0.29) is 10.2 Å². The van der Waals surface area contributed by atoms with E-state index in [1.807, 2.05) is 6.92 Å². The molecule has 0 aromatic heterocycles. The lowest BCUT2D eigenvalue weighted by Crippen LogP contribution is -2.00. The summed E-state index contributed by atoms with van der Waals surface area (Å²) in [5, 5.41) is 2.80. The summed E-state index contributed by atoms with van der Waals surface area (Å²) in [6, 6.07) is 7.14. The third kappa shape index (κ3) is 4.07. The standard InChI is InChI=1S/C15H15BrF2N2O/c1-2-3-21-11-5-9(19)4-10(6-11)20-15-8-13(17)12(16)7-14(15)18/h4-8,20H,2-3,19H2,1H3. The van der Waals surface area contributed by atoms with E-state index in [1.54, 1.807) is 18.2 Å². The summed E-state index contributed by atoms with van der Waals surface area (Å²) in [5.74, 6) is -0.538. The molecule has 0 radical (unpaired) electrons. The van der Waals surface area contributed by atoms with Crippen molar-refractivity contribution in [2.75, 3.05) is 17.7 Å². The van der Waals surface area contributed by atoms with E-state index < -0.39 is 11.6 Å². The van der Waals surface area contributed by atoms with Crippen molar-refractivity contribution >= 4 is 33.0 Å². The molecular formula is C15H15BrF2N2O. The molecule has 2 rings (SSSR count). The van der Waals surface area contributed by atoms with Crippen LogP contribution in [-0.4, -0.2) is 6.61 Å². The maximum absolute atomic E-state index is 13.8. The van der Waals surface area contributed by atoms with Crippen LogP contribution in [0.2, 0.25) is 0 Å². The minimum atomic E-state index is -0.568. The number of nitrogens with two attached hydrogens (primary N) is 1. The Hall–Kier alpha value is -1.82. The number of nitrogens with one attached hydrogen (secondary N) is 1. The summed E-state index contributed by atoms with van der Waals surface area (Å²) >= 11 is 2.93. The fraction of sp³-hybridized carbons (Fsp3) is 0.200. The molecule has 3 nitrogen and oxygen atoms in total. The largest absolute Gasteiger partial charge is 0.493 e. The molecule has 2 aromatic carbocycles. The zero-order chi connectivity index (χ0) is 15.4. The molecule has 0 aliphatic rings. The average Bonchev–Trinajstić information content (AvgIpc) is 2.42. The van der Waals surface area contributed by atoms with Crippen LogP contribution in [0.5, 0.6) is 5.75 Å². The van der Waals surface area contributed by atoms with E-state index in [2.05, 4.69) is 21.2 Å². The molecule has 0 saturated carbocycles. The Morgan fingerprint density at radius 2 is 1.90 bits per heavy atom. The van der Waals surface area contributed by atoms with Gasteiger partial charge in [-0.15, -0.1) is 0 Å². The van der Waals surface area contributed by atoms with E-state index in [0.717, 1.165) is 18.6 Å². The number of hydrogen-bond donors (Lipinski definition) is 2. The molecule has 0 aliphatic carbocycles. The van der Waals surface area contributed by atoms with Crippen LogP contribution in [0.25, 0.3) is 0 Å². The van der Waals surface area contributed by atoms with E-state index in [9.17, 15) is 8.78 Å². The Kier molecular flexibility index (Phi) is 5.01. The van der Waals surface area contributed by atoms with Gasteiger partial charge in [0.1, 0.15) is 17.4 Å². The molecule has 0 aliphatic heterocycles. The fourth-order valence-corrected chi connectivity index (χ4v) is 2.09. The van der Waals surface area contributed by atoms with Crippen molar-refractivity contribution in [3.63, 3.8) is 0 Å². The third-order valence-electron chi connectivity index (χ3n) is 2.69. The van der Waals surface area contributed by atoms with Crippen molar-refractivity contribution in [2.24, 2.45) is 0 Å². The van der Waals surface area contributed by atoms with Gasteiger partial charge in [0.25, 0.3) is 0 Å². The second-order valence-corrected chi connectivity index (χ2v) is 5.36. The minimum absolute atomic E-state index is 0.0303. The van der Waals surface area contributed by atoms with Gasteiger partial charge in [0.05, 0.1) is 16.8 Å². The lowest BCUT2D eigenvalue weighted by atomic mass is 10.2. The first-order chi connectivity index (χ1) is 9.99. The second kappa shape index (κ2) is 6.76. The number of anilines is 3. The Labute approximate surface area is 130 Å². The lowest BCUT2D eigenvalue weighted by Gasteiger charge is -2.12. The smallest absolute Gasteiger partial charge is 0.147 e. The van der Waals surface area contributed by atoms with Gasteiger partial charge >= 0.3 is 0 Å². The van der Waals surface area contributed by atoms with Gasteiger partial charge in [-0.05, 0) is 34.5 Å². The van der Waals surface area contributed by atoms with Crippen LogP contribution in [0.1, 0.15) is 13.3 Å². The number of halogens is 3. The SMILES string of the molecule is CCCOc1cc(N)cc(Nc2cc(F)c(Br)cc2F)c1. The normalized spacial score (nSPS) is 10.5. The summed E-state index contributed by atoms with van der Waals surface area (Å²) in [6.07, 6.45) is 0.865. The molecule has 0 saturated heterocycles. The van der Waals surface area contributed by atoms with Crippen molar-refractivity contribution < 1.29 is 13.5 Å². The summed E-state index contributed by atoms with van der Waals surface area (Å²) in [5.41, 5.74) is 6.82. The summed E-state index contributed by atoms with van der Waals surface area (Å²) in [6.45, 7) is 2.55. The molecular weight excluding hydrogens is 342 g/mol. The van der Waals surface area contributed by atoms with Crippen LogP contribution in [-0.2, 0) is 0 Å². The number of nitrogen functional groups attached to an aromatic ring is 1. The van der Waals surface area contributed by atoms with Crippen LogP contribution in [0.4, 0.5) is 25.8 Å². The maximum Gasteiger partial charge on any atom is 0.147 e. The maximum atomic E-state index is 13.8.